The van der Waals surface area contributed by atoms with Crippen molar-refractivity contribution in [1.82, 2.24) is 9.97 Å². The molecule has 33 heavy (non-hydrogen) atoms. The van der Waals surface area contributed by atoms with Gasteiger partial charge in [-0.3, -0.25) is 0 Å². The molecule has 1 aromatic heterocycles. The summed E-state index contributed by atoms with van der Waals surface area (Å²) in [6.45, 7) is 3.22. The van der Waals surface area contributed by atoms with E-state index in [2.05, 4.69) is 9.97 Å². The first kappa shape index (κ1) is 22.7. The van der Waals surface area contributed by atoms with Crippen LogP contribution in [0.5, 0.6) is 11.5 Å². The van der Waals surface area contributed by atoms with Gasteiger partial charge < -0.3 is 4.74 Å². The number of rotatable bonds is 5. The lowest BCUT2D eigenvalue weighted by molar-refractivity contribution is -0.136. The molecular weight excluding hydrogens is 453 g/mol. The molecule has 4 aromatic rings. The van der Waals surface area contributed by atoms with Gasteiger partial charge in [-0.1, -0.05) is 24.3 Å². The molecule has 1 heterocycles. The standard InChI is InChI=1S/C24H19F3N2O3S/c1-15(2)33(30,31)19-11-9-17(10-12-19)32-18-6-3-5-16(13-18)22-20-7-4-8-21(24(25,26)27)23(20)29-14-28-22/h3-15H,1-2H3. The van der Waals surface area contributed by atoms with Crippen molar-refractivity contribution < 1.29 is 26.3 Å². The molecule has 0 amide bonds. The fourth-order valence-electron chi connectivity index (χ4n) is 3.36. The van der Waals surface area contributed by atoms with Crippen molar-refractivity contribution in [1.29, 1.82) is 0 Å². The van der Waals surface area contributed by atoms with Crippen LogP contribution >= 0.6 is 0 Å². The zero-order valence-electron chi connectivity index (χ0n) is 17.7. The molecule has 0 aliphatic heterocycles. The number of hydrogen-bond donors (Lipinski definition) is 0. The Kier molecular flexibility index (Phi) is 5.84. The summed E-state index contributed by atoms with van der Waals surface area (Å²) in [5, 5.41) is -0.269. The monoisotopic (exact) mass is 472 g/mol. The highest BCUT2D eigenvalue weighted by Gasteiger charge is 2.33. The molecule has 0 saturated carbocycles. The van der Waals surface area contributed by atoms with E-state index in [1.54, 1.807) is 56.3 Å². The number of aromatic nitrogens is 2. The fraction of sp³-hybridized carbons (Fsp3) is 0.167. The van der Waals surface area contributed by atoms with Gasteiger partial charge in [0.05, 0.1) is 26.9 Å². The van der Waals surface area contributed by atoms with Crippen LogP contribution in [0.1, 0.15) is 19.4 Å². The van der Waals surface area contributed by atoms with Gasteiger partial charge in [-0.25, -0.2) is 18.4 Å². The van der Waals surface area contributed by atoms with Gasteiger partial charge in [0.1, 0.15) is 17.8 Å². The van der Waals surface area contributed by atoms with E-state index in [-0.39, 0.29) is 15.8 Å². The van der Waals surface area contributed by atoms with E-state index in [1.165, 1.54) is 18.2 Å². The molecule has 9 heteroatoms. The summed E-state index contributed by atoms with van der Waals surface area (Å²) in [6, 6.07) is 16.7. The van der Waals surface area contributed by atoms with Crippen LogP contribution in [0.2, 0.25) is 0 Å². The number of sulfone groups is 1. The molecule has 0 unspecified atom stereocenters. The van der Waals surface area contributed by atoms with Crippen LogP contribution in [0, 0.1) is 0 Å². The second-order valence-corrected chi connectivity index (χ2v) is 10.1. The van der Waals surface area contributed by atoms with Gasteiger partial charge in [-0.2, -0.15) is 13.2 Å². The molecule has 170 valence electrons. The number of hydrogen-bond acceptors (Lipinski definition) is 5. The van der Waals surface area contributed by atoms with Crippen molar-refractivity contribution >= 4 is 20.7 Å². The number of para-hydroxylation sites is 1. The maximum Gasteiger partial charge on any atom is 0.418 e. The number of nitrogens with zero attached hydrogens (tertiary/aromatic N) is 2. The minimum absolute atomic E-state index is 0.178. The predicted molar refractivity (Wildman–Crippen MR) is 119 cm³/mol. The minimum atomic E-state index is -4.54. The first-order chi connectivity index (χ1) is 15.6. The van der Waals surface area contributed by atoms with Crippen molar-refractivity contribution in [2.75, 3.05) is 0 Å². The third kappa shape index (κ3) is 4.54. The SMILES string of the molecule is CC(C)S(=O)(=O)c1ccc(Oc2cccc(-c3ncnc4c(C(F)(F)F)cccc34)c2)cc1. The van der Waals surface area contributed by atoms with Gasteiger partial charge in [-0.15, -0.1) is 0 Å². The second kappa shape index (κ2) is 8.47. The van der Waals surface area contributed by atoms with Gasteiger partial charge in [0.2, 0.25) is 0 Å². The smallest absolute Gasteiger partial charge is 0.418 e. The van der Waals surface area contributed by atoms with Crippen molar-refractivity contribution in [2.24, 2.45) is 0 Å². The number of ether oxygens (including phenoxy) is 1. The lowest BCUT2D eigenvalue weighted by atomic mass is 10.0. The zero-order chi connectivity index (χ0) is 23.8. The summed E-state index contributed by atoms with van der Waals surface area (Å²) < 4.78 is 70.5. The van der Waals surface area contributed by atoms with Crippen LogP contribution in [0.25, 0.3) is 22.2 Å². The molecule has 0 spiro atoms. The minimum Gasteiger partial charge on any atom is -0.457 e. The van der Waals surface area contributed by atoms with Crippen molar-refractivity contribution in [3.63, 3.8) is 0 Å². The average molecular weight is 472 g/mol. The topological polar surface area (TPSA) is 69.2 Å². The molecule has 0 aliphatic rings. The maximum atomic E-state index is 13.4. The largest absolute Gasteiger partial charge is 0.457 e. The molecule has 0 N–H and O–H groups in total. The van der Waals surface area contributed by atoms with E-state index in [1.807, 2.05) is 0 Å². The van der Waals surface area contributed by atoms with E-state index < -0.39 is 26.8 Å². The van der Waals surface area contributed by atoms with Crippen LogP contribution in [-0.2, 0) is 16.0 Å². The lowest BCUT2D eigenvalue weighted by Crippen LogP contribution is -2.13. The van der Waals surface area contributed by atoms with Gasteiger partial charge in [0.25, 0.3) is 0 Å². The highest BCUT2D eigenvalue weighted by Crippen LogP contribution is 2.37. The molecule has 3 aromatic carbocycles. The fourth-order valence-corrected chi connectivity index (χ4v) is 4.42. The predicted octanol–water partition coefficient (Wildman–Crippen LogP) is 6.29. The Balaban J connectivity index is 1.68. The van der Waals surface area contributed by atoms with E-state index in [0.717, 1.165) is 12.4 Å². The third-order valence-corrected chi connectivity index (χ3v) is 7.26. The quantitative estimate of drug-likeness (QED) is 0.341. The number of fused-ring (bicyclic) bond motifs is 1. The van der Waals surface area contributed by atoms with Crippen LogP contribution in [0.15, 0.2) is 78.0 Å². The molecule has 4 rings (SSSR count). The summed E-state index contributed by atoms with van der Waals surface area (Å²) >= 11 is 0. The van der Waals surface area contributed by atoms with Crippen LogP contribution < -0.4 is 4.74 Å². The Hall–Kier alpha value is -3.46. The van der Waals surface area contributed by atoms with E-state index in [4.69, 9.17) is 4.74 Å². The van der Waals surface area contributed by atoms with Crippen LogP contribution in [-0.4, -0.2) is 23.6 Å². The normalized spacial score (nSPS) is 12.3. The molecule has 5 nitrogen and oxygen atoms in total. The Bertz CT molecular complexity index is 1420. The number of benzene rings is 3. The average Bonchev–Trinajstić information content (AvgIpc) is 2.78. The highest BCUT2D eigenvalue weighted by molar-refractivity contribution is 7.92. The van der Waals surface area contributed by atoms with Gasteiger partial charge in [-0.05, 0) is 56.3 Å². The van der Waals surface area contributed by atoms with Crippen molar-refractivity contribution in [3.05, 3.63) is 78.6 Å². The third-order valence-electron chi connectivity index (χ3n) is 5.09. The van der Waals surface area contributed by atoms with E-state index in [9.17, 15) is 21.6 Å². The second-order valence-electron chi connectivity index (χ2n) is 7.62. The molecular formula is C24H19F3N2O3S. The van der Waals surface area contributed by atoms with Gasteiger partial charge in [0.15, 0.2) is 9.84 Å². The molecule has 0 bridgehead atoms. The van der Waals surface area contributed by atoms with E-state index >= 15 is 0 Å². The summed E-state index contributed by atoms with van der Waals surface area (Å²) in [4.78, 5) is 8.26. The van der Waals surface area contributed by atoms with Crippen molar-refractivity contribution in [3.8, 4) is 22.8 Å². The van der Waals surface area contributed by atoms with Crippen molar-refractivity contribution in [2.45, 2.75) is 30.2 Å². The van der Waals surface area contributed by atoms with Gasteiger partial charge >= 0.3 is 6.18 Å². The number of halogens is 3. The number of alkyl halides is 3. The Morgan fingerprint density at radius 3 is 2.24 bits per heavy atom. The zero-order valence-corrected chi connectivity index (χ0v) is 18.5. The lowest BCUT2D eigenvalue weighted by Gasteiger charge is -2.12. The Morgan fingerprint density at radius 1 is 0.879 bits per heavy atom. The first-order valence-electron chi connectivity index (χ1n) is 10.0. The molecule has 0 atom stereocenters. The maximum absolute atomic E-state index is 13.4. The van der Waals surface area contributed by atoms with Crippen LogP contribution in [0.3, 0.4) is 0 Å². The Labute approximate surface area is 188 Å². The first-order valence-corrected chi connectivity index (χ1v) is 11.5. The Morgan fingerprint density at radius 2 is 1.58 bits per heavy atom. The summed E-state index contributed by atoms with van der Waals surface area (Å²) in [5.74, 6) is 0.840. The summed E-state index contributed by atoms with van der Waals surface area (Å²) in [6.07, 6.45) is -3.43. The molecule has 0 aliphatic carbocycles. The van der Waals surface area contributed by atoms with Crippen LogP contribution in [0.4, 0.5) is 13.2 Å². The van der Waals surface area contributed by atoms with E-state index in [0.29, 0.717) is 22.8 Å². The highest BCUT2D eigenvalue weighted by atomic mass is 32.2. The summed E-state index contributed by atoms with van der Waals surface area (Å²) in [7, 11) is -3.39. The summed E-state index contributed by atoms with van der Waals surface area (Å²) in [5.41, 5.74) is -0.107. The van der Waals surface area contributed by atoms with Gasteiger partial charge in [0, 0.05) is 10.9 Å². The molecule has 0 fully saturated rings. The molecule has 0 radical (unpaired) electrons. The molecule has 0 saturated heterocycles.